The quantitative estimate of drug-likeness (QED) is 0.645. The molecule has 23 heavy (non-hydrogen) atoms. The van der Waals surface area contributed by atoms with Crippen LogP contribution in [0.25, 0.3) is 0 Å². The minimum absolute atomic E-state index is 0.179. The van der Waals surface area contributed by atoms with Gasteiger partial charge in [-0.05, 0) is 50.5 Å². The van der Waals surface area contributed by atoms with Crippen molar-refractivity contribution in [3.8, 4) is 0 Å². The van der Waals surface area contributed by atoms with Gasteiger partial charge in [0.15, 0.2) is 0 Å². The number of rotatable bonds is 5. The lowest BCUT2D eigenvalue weighted by Crippen LogP contribution is -2.14. The smallest absolute Gasteiger partial charge is 0.335 e. The highest BCUT2D eigenvalue weighted by Crippen LogP contribution is 2.29. The number of carbonyl (C=O) groups is 1. The summed E-state index contributed by atoms with van der Waals surface area (Å²) >= 11 is 0. The number of H-pyrrole nitrogens is 1. The first-order valence-corrected chi connectivity index (χ1v) is 9.16. The molecule has 2 aliphatic carbocycles. The molecule has 0 spiro atoms. The van der Waals surface area contributed by atoms with Crippen LogP contribution in [0.1, 0.15) is 80.8 Å². The van der Waals surface area contributed by atoms with E-state index in [1.807, 2.05) is 0 Å². The van der Waals surface area contributed by atoms with Gasteiger partial charge >= 0.3 is 5.97 Å². The first-order chi connectivity index (χ1) is 11.2. The Morgan fingerprint density at radius 2 is 2.04 bits per heavy atom. The number of oxime groups is 1. The first kappa shape index (κ1) is 16.3. The molecule has 4 nitrogen and oxygen atoms in total. The SMILES string of the molecule is CCc1c(C)[nH]c2c1/C(=N/OC(=O)CCC1CCCC1)CCC2. The predicted octanol–water partition coefficient (Wildman–Crippen LogP) is 4.44. The minimum atomic E-state index is -0.179. The number of hydrogen-bond donors (Lipinski definition) is 1. The van der Waals surface area contributed by atoms with E-state index in [9.17, 15) is 4.79 Å². The zero-order valence-corrected chi connectivity index (χ0v) is 14.4. The van der Waals surface area contributed by atoms with Gasteiger partial charge in [-0.2, -0.15) is 0 Å². The van der Waals surface area contributed by atoms with Gasteiger partial charge in [-0.1, -0.05) is 37.8 Å². The van der Waals surface area contributed by atoms with Crippen LogP contribution in [-0.2, 0) is 22.5 Å². The molecular formula is C19H28N2O2. The Balaban J connectivity index is 1.63. The molecular weight excluding hydrogens is 288 g/mol. The number of nitrogens with one attached hydrogen (secondary N) is 1. The van der Waals surface area contributed by atoms with E-state index in [1.165, 1.54) is 48.2 Å². The summed E-state index contributed by atoms with van der Waals surface area (Å²) in [4.78, 5) is 20.7. The lowest BCUT2D eigenvalue weighted by Gasteiger charge is -2.15. The number of aryl methyl sites for hydroxylation is 2. The van der Waals surface area contributed by atoms with E-state index in [-0.39, 0.29) is 5.97 Å². The molecule has 0 aromatic carbocycles. The number of carbonyl (C=O) groups excluding carboxylic acids is 1. The van der Waals surface area contributed by atoms with Crippen molar-refractivity contribution < 1.29 is 9.63 Å². The number of nitrogens with zero attached hydrogens (tertiary/aromatic N) is 1. The third-order valence-corrected chi connectivity index (χ3v) is 5.37. The average molecular weight is 316 g/mol. The molecule has 0 unspecified atom stereocenters. The highest BCUT2D eigenvalue weighted by Gasteiger charge is 2.23. The average Bonchev–Trinajstić information content (AvgIpc) is 3.17. The van der Waals surface area contributed by atoms with Crippen molar-refractivity contribution in [3.05, 3.63) is 22.5 Å². The summed E-state index contributed by atoms with van der Waals surface area (Å²) in [7, 11) is 0. The number of aromatic nitrogens is 1. The number of fused-ring (bicyclic) bond motifs is 1. The molecule has 1 heterocycles. The molecule has 0 bridgehead atoms. The van der Waals surface area contributed by atoms with Gasteiger partial charge in [0.05, 0.1) is 5.71 Å². The zero-order chi connectivity index (χ0) is 16.2. The molecule has 1 saturated carbocycles. The highest BCUT2D eigenvalue weighted by molar-refractivity contribution is 6.04. The Kier molecular flexibility index (Phi) is 5.19. The molecule has 0 amide bonds. The fourth-order valence-corrected chi connectivity index (χ4v) is 4.13. The Hall–Kier alpha value is -1.58. The van der Waals surface area contributed by atoms with Crippen molar-refractivity contribution in [3.63, 3.8) is 0 Å². The monoisotopic (exact) mass is 316 g/mol. The number of aromatic amines is 1. The Morgan fingerprint density at radius 1 is 1.26 bits per heavy atom. The van der Waals surface area contributed by atoms with Crippen LogP contribution >= 0.6 is 0 Å². The van der Waals surface area contributed by atoms with Crippen LogP contribution in [0.5, 0.6) is 0 Å². The summed E-state index contributed by atoms with van der Waals surface area (Å²) in [5.74, 6) is 0.539. The summed E-state index contributed by atoms with van der Waals surface area (Å²) < 4.78 is 0. The number of hydrogen-bond acceptors (Lipinski definition) is 3. The second kappa shape index (κ2) is 7.33. The van der Waals surface area contributed by atoms with Crippen molar-refractivity contribution in [2.24, 2.45) is 11.1 Å². The molecule has 3 rings (SSSR count). The van der Waals surface area contributed by atoms with E-state index in [0.29, 0.717) is 6.42 Å². The largest absolute Gasteiger partial charge is 0.362 e. The van der Waals surface area contributed by atoms with Gasteiger partial charge in [0.25, 0.3) is 0 Å². The van der Waals surface area contributed by atoms with E-state index in [0.717, 1.165) is 43.7 Å². The van der Waals surface area contributed by atoms with Crippen LogP contribution in [0.2, 0.25) is 0 Å². The Bertz CT molecular complexity index is 595. The van der Waals surface area contributed by atoms with Crippen molar-refractivity contribution in [2.45, 2.75) is 78.1 Å². The van der Waals surface area contributed by atoms with Crippen LogP contribution in [0.3, 0.4) is 0 Å². The van der Waals surface area contributed by atoms with E-state index in [4.69, 9.17) is 4.84 Å². The molecule has 0 atom stereocenters. The molecule has 126 valence electrons. The molecule has 0 saturated heterocycles. The van der Waals surface area contributed by atoms with Gasteiger partial charge < -0.3 is 9.82 Å². The second-order valence-electron chi connectivity index (χ2n) is 6.98. The first-order valence-electron chi connectivity index (χ1n) is 9.16. The highest BCUT2D eigenvalue weighted by atomic mass is 16.7. The molecule has 4 heteroatoms. The van der Waals surface area contributed by atoms with E-state index < -0.39 is 0 Å². The molecule has 1 N–H and O–H groups in total. The van der Waals surface area contributed by atoms with Crippen molar-refractivity contribution >= 4 is 11.7 Å². The minimum Gasteiger partial charge on any atom is -0.362 e. The topological polar surface area (TPSA) is 54.4 Å². The summed E-state index contributed by atoms with van der Waals surface area (Å²) in [5.41, 5.74) is 5.95. The summed E-state index contributed by atoms with van der Waals surface area (Å²) in [6.07, 6.45) is 10.6. The van der Waals surface area contributed by atoms with E-state index in [2.05, 4.69) is 24.0 Å². The fraction of sp³-hybridized carbons (Fsp3) is 0.684. The Labute approximate surface area is 138 Å². The van der Waals surface area contributed by atoms with Gasteiger partial charge in [0.1, 0.15) is 0 Å². The van der Waals surface area contributed by atoms with Crippen molar-refractivity contribution in [2.75, 3.05) is 0 Å². The van der Waals surface area contributed by atoms with E-state index in [1.54, 1.807) is 0 Å². The normalized spacial score (nSPS) is 20.0. The maximum absolute atomic E-state index is 12.0. The molecule has 1 aromatic rings. The maximum Gasteiger partial charge on any atom is 0.335 e. The molecule has 1 fully saturated rings. The van der Waals surface area contributed by atoms with Gasteiger partial charge in [0.2, 0.25) is 0 Å². The maximum atomic E-state index is 12.0. The molecule has 0 radical (unpaired) electrons. The predicted molar refractivity (Wildman–Crippen MR) is 91.7 cm³/mol. The lowest BCUT2D eigenvalue weighted by molar-refractivity contribution is -0.144. The van der Waals surface area contributed by atoms with Crippen LogP contribution in [-0.4, -0.2) is 16.7 Å². The second-order valence-corrected chi connectivity index (χ2v) is 6.98. The van der Waals surface area contributed by atoms with Crippen molar-refractivity contribution in [1.82, 2.24) is 4.98 Å². The summed E-state index contributed by atoms with van der Waals surface area (Å²) in [5, 5.41) is 4.24. The van der Waals surface area contributed by atoms with Crippen LogP contribution in [0.4, 0.5) is 0 Å². The Morgan fingerprint density at radius 3 is 2.78 bits per heavy atom. The zero-order valence-electron chi connectivity index (χ0n) is 14.4. The summed E-state index contributed by atoms with van der Waals surface area (Å²) in [6.45, 7) is 4.28. The molecule has 2 aliphatic rings. The van der Waals surface area contributed by atoms with Gasteiger partial charge in [-0.25, -0.2) is 4.79 Å². The third kappa shape index (κ3) is 3.67. The van der Waals surface area contributed by atoms with Gasteiger partial charge in [-0.15, -0.1) is 0 Å². The van der Waals surface area contributed by atoms with Crippen LogP contribution in [0.15, 0.2) is 5.16 Å². The van der Waals surface area contributed by atoms with Crippen LogP contribution < -0.4 is 0 Å². The molecule has 1 aromatic heterocycles. The van der Waals surface area contributed by atoms with Crippen LogP contribution in [0, 0.1) is 12.8 Å². The summed E-state index contributed by atoms with van der Waals surface area (Å²) in [6, 6.07) is 0. The van der Waals surface area contributed by atoms with Gasteiger partial charge in [-0.3, -0.25) is 0 Å². The standard InChI is InChI=1S/C19H28N2O2/c1-3-15-13(2)20-16-9-6-10-17(19(15)16)21-23-18(22)12-11-14-7-4-5-8-14/h14,20H,3-12H2,1-2H3/b21-17+. The lowest BCUT2D eigenvalue weighted by atomic mass is 9.92. The van der Waals surface area contributed by atoms with Crippen molar-refractivity contribution in [1.29, 1.82) is 0 Å². The van der Waals surface area contributed by atoms with E-state index >= 15 is 0 Å². The van der Waals surface area contributed by atoms with Gasteiger partial charge in [0, 0.05) is 23.4 Å². The fourth-order valence-electron chi connectivity index (χ4n) is 4.13. The molecule has 0 aliphatic heterocycles. The third-order valence-electron chi connectivity index (χ3n) is 5.37.